The molecule has 1 saturated carbocycles. The first-order valence-corrected chi connectivity index (χ1v) is 25.1. The molecule has 17 heteroatoms. The molecular formula is C54H64N7O9P. The molecule has 16 nitrogen and oxygen atoms in total. The van der Waals surface area contributed by atoms with E-state index in [2.05, 4.69) is 21.0 Å². The molecule has 0 amide bonds. The maximum atomic E-state index is 15.9. The standard InChI is InChI=1S/C54H64N7O9P/c1-36(2)61(37(3)4)71(33-45(62)69-53(5,6)28-29-55)70-49-44(32-68-54(38-16-12-10-13-17-38,39-20-24-42(65-8)25-21-39)40-22-26-43(66-9)27-23-40)48(63)47(50(49)67-31-30-64-7)60-35-58-46-51(56-34-57-52(46)60)59-41-18-14-11-15-19-41/h10-27,34-37,44,47,49-50H,28,30-33H2,1-9H3,(H,56,57,59). The minimum Gasteiger partial charge on any atom is -0.497 e. The van der Waals surface area contributed by atoms with Crippen molar-refractivity contribution in [1.29, 1.82) is 5.26 Å². The van der Waals surface area contributed by atoms with Crippen molar-refractivity contribution in [3.05, 3.63) is 139 Å². The van der Waals surface area contributed by atoms with Gasteiger partial charge in [0.15, 0.2) is 22.8 Å². The summed E-state index contributed by atoms with van der Waals surface area (Å²) in [6.45, 7) is 11.7. The summed E-state index contributed by atoms with van der Waals surface area (Å²) in [6, 6.07) is 35.7. The van der Waals surface area contributed by atoms with E-state index in [-0.39, 0.29) is 50.3 Å². The monoisotopic (exact) mass is 985 g/mol. The van der Waals surface area contributed by atoms with Gasteiger partial charge in [0.2, 0.25) is 0 Å². The highest BCUT2D eigenvalue weighted by Gasteiger charge is 2.56. The number of hydrogen-bond acceptors (Lipinski definition) is 15. The first kappa shape index (κ1) is 52.5. The van der Waals surface area contributed by atoms with Crippen molar-refractivity contribution in [2.45, 2.75) is 89.5 Å². The van der Waals surface area contributed by atoms with E-state index in [9.17, 15) is 10.1 Å². The molecule has 1 aliphatic rings. The van der Waals surface area contributed by atoms with Crippen molar-refractivity contribution in [3.63, 3.8) is 0 Å². The summed E-state index contributed by atoms with van der Waals surface area (Å²) in [5.74, 6) is -0.0355. The van der Waals surface area contributed by atoms with Crippen LogP contribution in [0.4, 0.5) is 11.5 Å². The second kappa shape index (κ2) is 23.7. The molecule has 1 N–H and O–H groups in total. The third-order valence-electron chi connectivity index (χ3n) is 12.4. The minimum atomic E-state index is -1.86. The Morgan fingerprint density at radius 1 is 0.803 bits per heavy atom. The quantitative estimate of drug-likeness (QED) is 0.0262. The zero-order chi connectivity index (χ0) is 50.7. The number of nitrogens with zero attached hydrogens (tertiary/aromatic N) is 6. The van der Waals surface area contributed by atoms with Crippen LogP contribution in [0.2, 0.25) is 0 Å². The molecule has 0 spiro atoms. The van der Waals surface area contributed by atoms with E-state index in [0.29, 0.717) is 28.5 Å². The van der Waals surface area contributed by atoms with Gasteiger partial charge in [-0.05, 0) is 94.6 Å². The highest BCUT2D eigenvalue weighted by molar-refractivity contribution is 7.51. The number of imidazole rings is 1. The van der Waals surface area contributed by atoms with Crippen LogP contribution in [-0.4, -0.2) is 113 Å². The number of fused-ring (bicyclic) bond motifs is 1. The number of hydrogen-bond donors (Lipinski definition) is 1. The van der Waals surface area contributed by atoms with Crippen LogP contribution in [0.25, 0.3) is 11.2 Å². The molecule has 0 saturated heterocycles. The van der Waals surface area contributed by atoms with Gasteiger partial charge >= 0.3 is 5.97 Å². The number of methoxy groups -OCH3 is 3. The average molecular weight is 986 g/mol. The van der Waals surface area contributed by atoms with E-state index >= 15 is 4.79 Å². The van der Waals surface area contributed by atoms with Crippen LogP contribution < -0.4 is 14.8 Å². The molecule has 374 valence electrons. The van der Waals surface area contributed by atoms with Gasteiger partial charge in [-0.25, -0.2) is 15.0 Å². The Hall–Kier alpha value is -6.31. The number of aromatic nitrogens is 4. The molecule has 6 aromatic rings. The lowest BCUT2D eigenvalue weighted by atomic mass is 9.79. The fourth-order valence-electron chi connectivity index (χ4n) is 9.21. The highest BCUT2D eigenvalue weighted by Crippen LogP contribution is 2.52. The Balaban J connectivity index is 1.41. The van der Waals surface area contributed by atoms with E-state index < -0.39 is 49.6 Å². The van der Waals surface area contributed by atoms with Gasteiger partial charge in [-0.15, -0.1) is 0 Å². The van der Waals surface area contributed by atoms with Gasteiger partial charge < -0.3 is 42.8 Å². The van der Waals surface area contributed by atoms with Crippen LogP contribution in [0.3, 0.4) is 0 Å². The number of nitrogens with one attached hydrogen (secondary N) is 1. The van der Waals surface area contributed by atoms with E-state index in [1.54, 1.807) is 46.1 Å². The first-order chi connectivity index (χ1) is 34.2. The summed E-state index contributed by atoms with van der Waals surface area (Å²) >= 11 is 0. The smallest absolute Gasteiger partial charge is 0.314 e. The highest BCUT2D eigenvalue weighted by atomic mass is 31.2. The van der Waals surface area contributed by atoms with Gasteiger partial charge in [-0.1, -0.05) is 72.8 Å². The van der Waals surface area contributed by atoms with Crippen LogP contribution in [0.5, 0.6) is 11.5 Å². The normalized spacial score (nSPS) is 17.7. The summed E-state index contributed by atoms with van der Waals surface area (Å²) in [5.41, 5.74) is 1.62. The van der Waals surface area contributed by atoms with Gasteiger partial charge in [0.05, 0.1) is 58.8 Å². The number of nitriles is 1. The maximum absolute atomic E-state index is 15.9. The number of carbonyl (C=O) groups excluding carboxylic acids is 2. The van der Waals surface area contributed by atoms with Gasteiger partial charge in [0.1, 0.15) is 61.7 Å². The molecule has 5 atom stereocenters. The zero-order valence-corrected chi connectivity index (χ0v) is 42.7. The predicted octanol–water partition coefficient (Wildman–Crippen LogP) is 9.42. The lowest BCUT2D eigenvalue weighted by molar-refractivity contribution is -0.152. The Morgan fingerprint density at radius 3 is 1.96 bits per heavy atom. The van der Waals surface area contributed by atoms with E-state index in [4.69, 9.17) is 42.9 Å². The summed E-state index contributed by atoms with van der Waals surface area (Å²) in [6.07, 6.45) is 0.863. The number of rotatable bonds is 24. The number of para-hydroxylation sites is 1. The summed E-state index contributed by atoms with van der Waals surface area (Å²) in [5, 5.41) is 12.9. The fraction of sp³-hybridized carbons (Fsp3) is 0.407. The van der Waals surface area contributed by atoms with Gasteiger partial charge in [0, 0.05) is 24.9 Å². The lowest BCUT2D eigenvalue weighted by Crippen LogP contribution is -2.42. The molecule has 2 aromatic heterocycles. The predicted molar refractivity (Wildman–Crippen MR) is 272 cm³/mol. The third kappa shape index (κ3) is 11.9. The van der Waals surface area contributed by atoms with Gasteiger partial charge in [-0.3, -0.25) is 14.3 Å². The number of benzene rings is 4. The van der Waals surface area contributed by atoms with Crippen LogP contribution in [-0.2, 0) is 38.7 Å². The van der Waals surface area contributed by atoms with Crippen LogP contribution in [0.1, 0.15) is 70.7 Å². The molecule has 71 heavy (non-hydrogen) atoms. The van der Waals surface area contributed by atoms with Crippen molar-refractivity contribution in [3.8, 4) is 17.6 Å². The minimum absolute atomic E-state index is 0.000211. The van der Waals surface area contributed by atoms with Crippen molar-refractivity contribution in [2.24, 2.45) is 5.92 Å². The molecule has 2 heterocycles. The zero-order valence-electron chi connectivity index (χ0n) is 41.9. The number of carbonyl (C=O) groups is 2. The third-order valence-corrected chi connectivity index (χ3v) is 14.8. The fourth-order valence-corrected chi connectivity index (χ4v) is 11.4. The number of esters is 1. The van der Waals surface area contributed by atoms with Gasteiger partial charge in [0.25, 0.3) is 0 Å². The summed E-state index contributed by atoms with van der Waals surface area (Å²) < 4.78 is 48.2. The first-order valence-electron chi connectivity index (χ1n) is 23.7. The molecule has 5 unspecified atom stereocenters. The summed E-state index contributed by atoms with van der Waals surface area (Å²) in [4.78, 5) is 44.0. The van der Waals surface area contributed by atoms with E-state index in [1.807, 2.05) is 137 Å². The van der Waals surface area contributed by atoms with Crippen LogP contribution in [0.15, 0.2) is 122 Å². The molecule has 1 aliphatic carbocycles. The van der Waals surface area contributed by atoms with Crippen LogP contribution >= 0.6 is 8.30 Å². The number of anilines is 2. The molecule has 1 fully saturated rings. The topological polar surface area (TPSA) is 181 Å². The number of ketones is 1. The average Bonchev–Trinajstić information content (AvgIpc) is 3.89. The van der Waals surface area contributed by atoms with Crippen molar-refractivity contribution < 1.29 is 42.5 Å². The SMILES string of the molecule is COCCOC1C(OP(CC(=O)OC(C)(C)CC#N)N(C(C)C)C(C)C)C(COC(c2ccccc2)(c2ccc(OC)cc2)c2ccc(OC)cc2)C(=O)C1n1cnc2c(Nc3ccccc3)ncnc21. The van der Waals surface area contributed by atoms with E-state index in [0.717, 1.165) is 22.4 Å². The van der Waals surface area contributed by atoms with Crippen molar-refractivity contribution >= 4 is 42.7 Å². The van der Waals surface area contributed by atoms with Crippen LogP contribution in [0, 0.1) is 17.2 Å². The Morgan fingerprint density at radius 2 is 1.39 bits per heavy atom. The Kier molecular flexibility index (Phi) is 17.6. The second-order valence-corrected chi connectivity index (χ2v) is 20.0. The lowest BCUT2D eigenvalue weighted by Gasteiger charge is -2.41. The largest absolute Gasteiger partial charge is 0.497 e. The molecule has 7 rings (SSSR count). The Bertz CT molecular complexity index is 2660. The molecule has 0 bridgehead atoms. The number of Topliss-reactive ketones (excluding diaryl/α,β-unsaturated/α-hetero) is 1. The van der Waals surface area contributed by atoms with Crippen molar-refractivity contribution in [2.75, 3.05) is 52.6 Å². The second-order valence-electron chi connectivity index (χ2n) is 18.4. The van der Waals surface area contributed by atoms with Crippen molar-refractivity contribution in [1.82, 2.24) is 24.2 Å². The molecule has 0 aliphatic heterocycles. The molecule has 0 radical (unpaired) electrons. The summed E-state index contributed by atoms with van der Waals surface area (Å²) in [7, 11) is 2.95. The number of ether oxygens (including phenoxy) is 6. The Labute approximate surface area is 417 Å². The molecular weight excluding hydrogens is 922 g/mol. The molecule has 4 aromatic carbocycles. The maximum Gasteiger partial charge on any atom is 0.314 e. The van der Waals surface area contributed by atoms with E-state index in [1.165, 1.54) is 6.33 Å². The van der Waals surface area contributed by atoms with Gasteiger partial charge in [-0.2, -0.15) is 5.26 Å².